The lowest BCUT2D eigenvalue weighted by Gasteiger charge is -2.38. The first kappa shape index (κ1) is 15.8. The smallest absolute Gasteiger partial charge is 0.223 e. The van der Waals surface area contributed by atoms with E-state index in [1.807, 2.05) is 0 Å². The van der Waals surface area contributed by atoms with Gasteiger partial charge in [-0.2, -0.15) is 0 Å². The molecule has 2 fully saturated rings. The molecule has 0 aromatic heterocycles. The predicted molar refractivity (Wildman–Crippen MR) is 83.2 cm³/mol. The molecule has 0 heterocycles. The summed E-state index contributed by atoms with van der Waals surface area (Å²) in [7, 11) is 0. The maximum Gasteiger partial charge on any atom is 0.223 e. The molecule has 2 rings (SSSR count). The van der Waals surface area contributed by atoms with Crippen molar-refractivity contribution in [2.45, 2.75) is 77.8 Å². The molecule has 3 nitrogen and oxygen atoms in total. The topological polar surface area (TPSA) is 55.1 Å². The average molecular weight is 280 g/mol. The van der Waals surface area contributed by atoms with Crippen molar-refractivity contribution in [1.29, 1.82) is 0 Å². The highest BCUT2D eigenvalue weighted by molar-refractivity contribution is 5.79. The Bertz CT molecular complexity index is 331. The fraction of sp³-hybridized carbons (Fsp3) is 0.941. The molecule has 6 atom stereocenters. The van der Waals surface area contributed by atoms with Crippen LogP contribution in [0.4, 0.5) is 0 Å². The summed E-state index contributed by atoms with van der Waals surface area (Å²) < 4.78 is 0. The summed E-state index contributed by atoms with van der Waals surface area (Å²) in [5.74, 6) is 2.09. The summed E-state index contributed by atoms with van der Waals surface area (Å²) in [4.78, 5) is 12.6. The minimum atomic E-state index is 0.126. The molecule has 116 valence electrons. The number of nitrogens with one attached hydrogen (secondary N) is 1. The van der Waals surface area contributed by atoms with Crippen LogP contribution in [0.2, 0.25) is 0 Å². The van der Waals surface area contributed by atoms with Gasteiger partial charge >= 0.3 is 0 Å². The standard InChI is InChI=1S/C17H32N2O/c1-4-13-7-5-6-8-16(13)19-17(20)14-10-15(18)12(3)9-11(14)2/h11-16H,4-10,18H2,1-3H3,(H,19,20). The largest absolute Gasteiger partial charge is 0.353 e. The summed E-state index contributed by atoms with van der Waals surface area (Å²) in [5.41, 5.74) is 6.18. The van der Waals surface area contributed by atoms with E-state index in [-0.39, 0.29) is 17.9 Å². The average Bonchev–Trinajstić information content (AvgIpc) is 2.43. The Morgan fingerprint density at radius 2 is 1.85 bits per heavy atom. The first-order chi connectivity index (χ1) is 9.52. The maximum atomic E-state index is 12.6. The third kappa shape index (κ3) is 3.55. The second-order valence-electron chi connectivity index (χ2n) is 7.26. The van der Waals surface area contributed by atoms with Crippen LogP contribution >= 0.6 is 0 Å². The van der Waals surface area contributed by atoms with Crippen molar-refractivity contribution in [3.63, 3.8) is 0 Å². The second kappa shape index (κ2) is 6.93. The van der Waals surface area contributed by atoms with Gasteiger partial charge in [0.05, 0.1) is 0 Å². The van der Waals surface area contributed by atoms with Crippen LogP contribution in [0.25, 0.3) is 0 Å². The van der Waals surface area contributed by atoms with E-state index in [4.69, 9.17) is 5.73 Å². The normalized spacial score (nSPS) is 42.2. The lowest BCUT2D eigenvalue weighted by molar-refractivity contribution is -0.129. The van der Waals surface area contributed by atoms with Crippen LogP contribution in [-0.4, -0.2) is 18.0 Å². The van der Waals surface area contributed by atoms with Crippen LogP contribution in [0.5, 0.6) is 0 Å². The molecule has 3 heteroatoms. The van der Waals surface area contributed by atoms with E-state index in [2.05, 4.69) is 26.1 Å². The highest BCUT2D eigenvalue weighted by Gasteiger charge is 2.36. The lowest BCUT2D eigenvalue weighted by Crippen LogP contribution is -2.49. The van der Waals surface area contributed by atoms with Gasteiger partial charge in [-0.15, -0.1) is 0 Å². The van der Waals surface area contributed by atoms with E-state index in [0.29, 0.717) is 23.8 Å². The van der Waals surface area contributed by atoms with Gasteiger partial charge in [0.2, 0.25) is 5.91 Å². The molecule has 1 amide bonds. The highest BCUT2D eigenvalue weighted by atomic mass is 16.2. The van der Waals surface area contributed by atoms with Crippen LogP contribution in [0.15, 0.2) is 0 Å². The van der Waals surface area contributed by atoms with Crippen molar-refractivity contribution in [1.82, 2.24) is 5.32 Å². The number of carbonyl (C=O) groups is 1. The predicted octanol–water partition coefficient (Wildman–Crippen LogP) is 3.08. The van der Waals surface area contributed by atoms with Crippen LogP contribution in [-0.2, 0) is 4.79 Å². The molecule has 0 saturated heterocycles. The van der Waals surface area contributed by atoms with E-state index in [9.17, 15) is 4.79 Å². The lowest BCUT2D eigenvalue weighted by atomic mass is 9.72. The molecule has 20 heavy (non-hydrogen) atoms. The fourth-order valence-electron chi connectivity index (χ4n) is 4.22. The van der Waals surface area contributed by atoms with Gasteiger partial charge in [-0.25, -0.2) is 0 Å². The van der Waals surface area contributed by atoms with Gasteiger partial charge in [0.15, 0.2) is 0 Å². The first-order valence-electron chi connectivity index (χ1n) is 8.58. The highest BCUT2D eigenvalue weighted by Crippen LogP contribution is 2.34. The molecule has 2 saturated carbocycles. The van der Waals surface area contributed by atoms with E-state index < -0.39 is 0 Å². The van der Waals surface area contributed by atoms with Gasteiger partial charge < -0.3 is 11.1 Å². The number of hydrogen-bond donors (Lipinski definition) is 2. The van der Waals surface area contributed by atoms with Gasteiger partial charge in [0, 0.05) is 18.0 Å². The van der Waals surface area contributed by atoms with Crippen molar-refractivity contribution in [3.05, 3.63) is 0 Å². The minimum Gasteiger partial charge on any atom is -0.353 e. The SMILES string of the molecule is CCC1CCCCC1NC(=O)C1CC(N)C(C)CC1C. The van der Waals surface area contributed by atoms with Crippen LogP contribution in [0, 0.1) is 23.7 Å². The Balaban J connectivity index is 1.93. The van der Waals surface area contributed by atoms with Gasteiger partial charge in [0.25, 0.3) is 0 Å². The maximum absolute atomic E-state index is 12.6. The monoisotopic (exact) mass is 280 g/mol. The Labute approximate surface area is 124 Å². The number of rotatable bonds is 3. The Hall–Kier alpha value is -0.570. The van der Waals surface area contributed by atoms with Crippen molar-refractivity contribution in [3.8, 4) is 0 Å². The van der Waals surface area contributed by atoms with Gasteiger partial charge in [-0.3, -0.25) is 4.79 Å². The quantitative estimate of drug-likeness (QED) is 0.834. The summed E-state index contributed by atoms with van der Waals surface area (Å²) >= 11 is 0. The third-order valence-electron chi connectivity index (χ3n) is 5.79. The number of amides is 1. The van der Waals surface area contributed by atoms with Gasteiger partial charge in [-0.1, -0.05) is 40.0 Å². The molecule has 3 N–H and O–H groups in total. The molecule has 2 aliphatic carbocycles. The fourth-order valence-corrected chi connectivity index (χ4v) is 4.22. The Kier molecular flexibility index (Phi) is 5.48. The number of carbonyl (C=O) groups excluding carboxylic acids is 1. The zero-order valence-corrected chi connectivity index (χ0v) is 13.4. The zero-order valence-electron chi connectivity index (χ0n) is 13.4. The minimum absolute atomic E-state index is 0.126. The second-order valence-corrected chi connectivity index (χ2v) is 7.26. The molecule has 0 aromatic rings. The van der Waals surface area contributed by atoms with Crippen LogP contribution < -0.4 is 11.1 Å². The van der Waals surface area contributed by atoms with E-state index in [1.54, 1.807) is 0 Å². The van der Waals surface area contributed by atoms with Gasteiger partial charge in [-0.05, 0) is 43.4 Å². The van der Waals surface area contributed by atoms with Crippen molar-refractivity contribution >= 4 is 5.91 Å². The molecule has 0 radical (unpaired) electrons. The van der Waals surface area contributed by atoms with Gasteiger partial charge in [0.1, 0.15) is 0 Å². The molecule has 0 aliphatic heterocycles. The van der Waals surface area contributed by atoms with E-state index in [0.717, 1.165) is 19.3 Å². The number of hydrogen-bond acceptors (Lipinski definition) is 2. The summed E-state index contributed by atoms with van der Waals surface area (Å²) in [6.07, 6.45) is 8.15. The molecular formula is C17H32N2O. The van der Waals surface area contributed by atoms with E-state index in [1.165, 1.54) is 25.7 Å². The number of nitrogens with two attached hydrogens (primary N) is 1. The summed E-state index contributed by atoms with van der Waals surface area (Å²) in [6.45, 7) is 6.67. The molecule has 0 spiro atoms. The summed E-state index contributed by atoms with van der Waals surface area (Å²) in [5, 5.41) is 3.36. The van der Waals surface area contributed by atoms with E-state index >= 15 is 0 Å². The Morgan fingerprint density at radius 1 is 1.15 bits per heavy atom. The molecule has 0 aromatic carbocycles. The molecule has 0 bridgehead atoms. The van der Waals surface area contributed by atoms with Crippen molar-refractivity contribution < 1.29 is 4.79 Å². The van der Waals surface area contributed by atoms with Crippen molar-refractivity contribution in [2.24, 2.45) is 29.4 Å². The molecule has 6 unspecified atom stereocenters. The zero-order chi connectivity index (χ0) is 14.7. The molecule has 2 aliphatic rings. The Morgan fingerprint density at radius 3 is 2.55 bits per heavy atom. The molecular weight excluding hydrogens is 248 g/mol. The van der Waals surface area contributed by atoms with Crippen molar-refractivity contribution in [2.75, 3.05) is 0 Å². The van der Waals surface area contributed by atoms with Crippen LogP contribution in [0.3, 0.4) is 0 Å². The summed E-state index contributed by atoms with van der Waals surface area (Å²) in [6, 6.07) is 0.597. The third-order valence-corrected chi connectivity index (χ3v) is 5.79. The first-order valence-corrected chi connectivity index (χ1v) is 8.58. The van der Waals surface area contributed by atoms with Crippen LogP contribution in [0.1, 0.15) is 65.7 Å².